The highest BCUT2D eigenvalue weighted by molar-refractivity contribution is 7.13. The summed E-state index contributed by atoms with van der Waals surface area (Å²) in [4.78, 5) is 15.8. The minimum Gasteiger partial charge on any atom is -0.479 e. The van der Waals surface area contributed by atoms with Crippen molar-refractivity contribution in [2.24, 2.45) is 0 Å². The van der Waals surface area contributed by atoms with E-state index in [4.69, 9.17) is 10.1 Å². The number of fused-ring (bicyclic) bond motifs is 1. The highest BCUT2D eigenvalue weighted by Gasteiger charge is 2.16. The summed E-state index contributed by atoms with van der Waals surface area (Å²) in [5, 5.41) is 22.8. The van der Waals surface area contributed by atoms with Crippen molar-refractivity contribution in [1.82, 2.24) is 9.55 Å². The van der Waals surface area contributed by atoms with Crippen molar-refractivity contribution in [2.45, 2.75) is 38.8 Å². The van der Waals surface area contributed by atoms with E-state index in [9.17, 15) is 9.90 Å². The van der Waals surface area contributed by atoms with Crippen LogP contribution in [0.3, 0.4) is 0 Å². The summed E-state index contributed by atoms with van der Waals surface area (Å²) >= 11 is 1.64. The summed E-state index contributed by atoms with van der Waals surface area (Å²) in [6, 6.07) is 16.3. The summed E-state index contributed by atoms with van der Waals surface area (Å²) in [5.41, 5.74) is 5.25. The maximum Gasteiger partial charge on any atom is 0.332 e. The molecule has 0 aliphatic rings. The van der Waals surface area contributed by atoms with Gasteiger partial charge in [0.05, 0.1) is 12.2 Å². The standard InChI is InChI=1S/C24H24N2O3S/c1-15(2)16-6-8-17(9-7-16)23-25-19(14-30-23)13-26-11-10-20-18(4-3-5-21(20)26)12-22(27)24(28)29/h3-11,14-15,22,27H,12-13H2,1-2H3,(H,28,29). The lowest BCUT2D eigenvalue weighted by molar-refractivity contribution is -0.146. The number of aliphatic hydroxyl groups excluding tert-OH is 1. The number of nitrogens with zero attached hydrogens (tertiary/aromatic N) is 2. The average Bonchev–Trinajstić information content (AvgIpc) is 3.36. The number of aliphatic carboxylic acids is 1. The van der Waals surface area contributed by atoms with Crippen molar-refractivity contribution in [1.29, 1.82) is 0 Å². The van der Waals surface area contributed by atoms with Gasteiger partial charge in [-0.05, 0) is 29.2 Å². The first kappa shape index (κ1) is 20.3. The normalized spacial score (nSPS) is 12.5. The second-order valence-electron chi connectivity index (χ2n) is 7.77. The lowest BCUT2D eigenvalue weighted by Gasteiger charge is -2.08. The molecule has 6 heteroatoms. The molecular formula is C24H24N2O3S. The Morgan fingerprint density at radius 2 is 1.90 bits per heavy atom. The Kier molecular flexibility index (Phi) is 5.70. The molecule has 0 amide bonds. The molecule has 1 unspecified atom stereocenters. The Bertz CT molecular complexity index is 1170. The Morgan fingerprint density at radius 3 is 2.60 bits per heavy atom. The SMILES string of the molecule is CC(C)c1ccc(-c2nc(Cn3ccc4c(CC(O)C(=O)O)cccc43)cs2)cc1. The number of thiazole rings is 1. The van der Waals surface area contributed by atoms with Gasteiger partial charge in [-0.15, -0.1) is 11.3 Å². The van der Waals surface area contributed by atoms with Gasteiger partial charge in [-0.25, -0.2) is 9.78 Å². The lowest BCUT2D eigenvalue weighted by atomic mass is 10.0. The van der Waals surface area contributed by atoms with Crippen LogP contribution in [0, 0.1) is 0 Å². The maximum atomic E-state index is 11.0. The van der Waals surface area contributed by atoms with Crippen molar-refractivity contribution < 1.29 is 15.0 Å². The number of carbonyl (C=O) groups is 1. The zero-order valence-corrected chi connectivity index (χ0v) is 17.8. The van der Waals surface area contributed by atoms with E-state index in [0.717, 1.165) is 32.7 Å². The fourth-order valence-corrected chi connectivity index (χ4v) is 4.41. The predicted molar refractivity (Wildman–Crippen MR) is 120 cm³/mol. The molecule has 0 fully saturated rings. The number of aliphatic hydroxyl groups is 1. The van der Waals surface area contributed by atoms with Crippen LogP contribution in [0.15, 0.2) is 60.1 Å². The monoisotopic (exact) mass is 420 g/mol. The van der Waals surface area contributed by atoms with Crippen LogP contribution < -0.4 is 0 Å². The zero-order valence-electron chi connectivity index (χ0n) is 16.9. The quantitative estimate of drug-likeness (QED) is 0.445. The van der Waals surface area contributed by atoms with Gasteiger partial charge in [0.15, 0.2) is 6.10 Å². The Morgan fingerprint density at radius 1 is 1.13 bits per heavy atom. The molecule has 0 aliphatic heterocycles. The molecular weight excluding hydrogens is 396 g/mol. The summed E-state index contributed by atoms with van der Waals surface area (Å²) in [6.07, 6.45) is 0.670. The van der Waals surface area contributed by atoms with Crippen molar-refractivity contribution in [2.75, 3.05) is 0 Å². The Labute approximate surface area is 179 Å². The van der Waals surface area contributed by atoms with Crippen LogP contribution in [0.5, 0.6) is 0 Å². The largest absolute Gasteiger partial charge is 0.479 e. The van der Waals surface area contributed by atoms with Gasteiger partial charge >= 0.3 is 5.97 Å². The third-order valence-corrected chi connectivity index (χ3v) is 6.25. The van der Waals surface area contributed by atoms with Gasteiger partial charge in [0, 0.05) is 34.5 Å². The molecule has 2 aromatic carbocycles. The third kappa shape index (κ3) is 4.15. The highest BCUT2D eigenvalue weighted by Crippen LogP contribution is 2.27. The average molecular weight is 421 g/mol. The van der Waals surface area contributed by atoms with Gasteiger partial charge in [0.2, 0.25) is 0 Å². The molecule has 4 aromatic rings. The van der Waals surface area contributed by atoms with Gasteiger partial charge < -0.3 is 14.8 Å². The molecule has 0 spiro atoms. The predicted octanol–water partition coefficient (Wildman–Crippen LogP) is 4.92. The van der Waals surface area contributed by atoms with E-state index in [-0.39, 0.29) is 6.42 Å². The van der Waals surface area contributed by atoms with Gasteiger partial charge in [-0.2, -0.15) is 0 Å². The van der Waals surface area contributed by atoms with Gasteiger partial charge in [0.25, 0.3) is 0 Å². The Hall–Kier alpha value is -2.96. The topological polar surface area (TPSA) is 75.3 Å². The van der Waals surface area contributed by atoms with Gasteiger partial charge in [-0.1, -0.05) is 50.2 Å². The molecule has 0 aliphatic carbocycles. The van der Waals surface area contributed by atoms with Crippen LogP contribution in [-0.4, -0.2) is 31.8 Å². The minimum absolute atomic E-state index is 0.0872. The van der Waals surface area contributed by atoms with Crippen LogP contribution in [0.25, 0.3) is 21.5 Å². The van der Waals surface area contributed by atoms with E-state index in [1.54, 1.807) is 11.3 Å². The van der Waals surface area contributed by atoms with E-state index in [2.05, 4.69) is 48.1 Å². The molecule has 5 nitrogen and oxygen atoms in total. The molecule has 154 valence electrons. The number of hydrogen-bond donors (Lipinski definition) is 2. The van der Waals surface area contributed by atoms with E-state index in [0.29, 0.717) is 12.5 Å². The first-order valence-electron chi connectivity index (χ1n) is 9.94. The third-order valence-electron chi connectivity index (χ3n) is 5.31. The van der Waals surface area contributed by atoms with E-state index in [1.807, 2.05) is 30.5 Å². The van der Waals surface area contributed by atoms with Crippen molar-refractivity contribution in [3.05, 3.63) is 76.9 Å². The van der Waals surface area contributed by atoms with Crippen LogP contribution in [0.4, 0.5) is 0 Å². The first-order chi connectivity index (χ1) is 14.4. The summed E-state index contributed by atoms with van der Waals surface area (Å²) in [6.45, 7) is 5.01. The fourth-order valence-electron chi connectivity index (χ4n) is 3.60. The van der Waals surface area contributed by atoms with Crippen molar-refractivity contribution >= 4 is 28.2 Å². The molecule has 0 bridgehead atoms. The molecule has 0 saturated carbocycles. The molecule has 2 N–H and O–H groups in total. The first-order valence-corrected chi connectivity index (χ1v) is 10.8. The number of carboxylic acids is 1. The van der Waals surface area contributed by atoms with E-state index >= 15 is 0 Å². The molecule has 4 rings (SSSR count). The molecule has 0 radical (unpaired) electrons. The number of benzene rings is 2. The summed E-state index contributed by atoms with van der Waals surface area (Å²) < 4.78 is 2.10. The second-order valence-corrected chi connectivity index (χ2v) is 8.63. The minimum atomic E-state index is -1.40. The van der Waals surface area contributed by atoms with Gasteiger partial charge in [-0.3, -0.25) is 0 Å². The zero-order chi connectivity index (χ0) is 21.3. The van der Waals surface area contributed by atoms with Crippen LogP contribution in [-0.2, 0) is 17.8 Å². The highest BCUT2D eigenvalue weighted by atomic mass is 32.1. The molecule has 2 heterocycles. The molecule has 2 aromatic heterocycles. The maximum absolute atomic E-state index is 11.0. The number of aromatic nitrogens is 2. The van der Waals surface area contributed by atoms with E-state index < -0.39 is 12.1 Å². The van der Waals surface area contributed by atoms with Crippen molar-refractivity contribution in [3.8, 4) is 10.6 Å². The van der Waals surface area contributed by atoms with Gasteiger partial charge in [0.1, 0.15) is 5.01 Å². The lowest BCUT2D eigenvalue weighted by Crippen LogP contribution is -2.22. The van der Waals surface area contributed by atoms with E-state index in [1.165, 1.54) is 5.56 Å². The molecule has 30 heavy (non-hydrogen) atoms. The molecule has 0 saturated heterocycles. The van der Waals surface area contributed by atoms with Crippen LogP contribution in [0.1, 0.15) is 36.6 Å². The second kappa shape index (κ2) is 8.42. The smallest absolute Gasteiger partial charge is 0.332 e. The van der Waals surface area contributed by atoms with Crippen molar-refractivity contribution in [3.63, 3.8) is 0 Å². The van der Waals surface area contributed by atoms with Crippen LogP contribution in [0.2, 0.25) is 0 Å². The summed E-state index contributed by atoms with van der Waals surface area (Å²) in [7, 11) is 0. The number of hydrogen-bond acceptors (Lipinski definition) is 4. The fraction of sp³-hybridized carbons (Fsp3) is 0.250. The molecule has 1 atom stereocenters. The Balaban J connectivity index is 1.56. The summed E-state index contributed by atoms with van der Waals surface area (Å²) in [5.74, 6) is -0.697. The number of carboxylic acid groups (broad SMARTS) is 1. The van der Waals surface area contributed by atoms with Crippen LogP contribution >= 0.6 is 11.3 Å². The number of rotatable bonds is 7.